The Labute approximate surface area is 107 Å². The van der Waals surface area contributed by atoms with Crippen molar-refractivity contribution in [2.75, 3.05) is 5.43 Å². The summed E-state index contributed by atoms with van der Waals surface area (Å²) >= 11 is 17.1. The molecule has 0 unspecified atom stereocenters. The summed E-state index contributed by atoms with van der Waals surface area (Å²) in [4.78, 5) is 0. The van der Waals surface area contributed by atoms with Crippen LogP contribution in [0.15, 0.2) is 12.1 Å². The van der Waals surface area contributed by atoms with Gasteiger partial charge in [0.2, 0.25) is 0 Å². The van der Waals surface area contributed by atoms with Crippen molar-refractivity contribution in [2.45, 2.75) is 0 Å². The van der Waals surface area contributed by atoms with Gasteiger partial charge in [0, 0.05) is 0 Å². The number of nitrogens with one attached hydrogen (secondary N) is 1. The fourth-order valence-electron chi connectivity index (χ4n) is 0.633. The van der Waals surface area contributed by atoms with Gasteiger partial charge in [-0.05, 0) is 12.1 Å². The maximum atomic E-state index is 8.74. The standard InChI is InChI=1S/C6H5Cl3N2.H2O4S/c7-3-1-5(9)6(11-10)2-4(3)8;1-5(2,3)4/h1-2,11H,10H2;(H2,1,2,3,4). The molecule has 0 aliphatic heterocycles. The van der Waals surface area contributed by atoms with Crippen LogP contribution in [0.2, 0.25) is 15.1 Å². The Bertz CT molecular complexity index is 457. The number of halogens is 3. The molecule has 1 rings (SSSR count). The Morgan fingerprint density at radius 3 is 1.81 bits per heavy atom. The van der Waals surface area contributed by atoms with E-state index in [1.54, 1.807) is 6.07 Å². The maximum absolute atomic E-state index is 8.74. The first-order valence-corrected chi connectivity index (χ1v) is 5.99. The van der Waals surface area contributed by atoms with Gasteiger partial charge in [-0.15, -0.1) is 0 Å². The number of hydrogen-bond acceptors (Lipinski definition) is 4. The van der Waals surface area contributed by atoms with Crippen molar-refractivity contribution in [2.24, 2.45) is 5.84 Å². The number of hydrogen-bond donors (Lipinski definition) is 4. The second kappa shape index (κ2) is 6.45. The van der Waals surface area contributed by atoms with Gasteiger partial charge >= 0.3 is 10.4 Å². The molecule has 0 aliphatic carbocycles. The third-order valence-electron chi connectivity index (χ3n) is 1.17. The van der Waals surface area contributed by atoms with Gasteiger partial charge in [-0.25, -0.2) is 0 Å². The minimum atomic E-state index is -4.67. The molecule has 1 aromatic rings. The molecule has 0 fully saturated rings. The summed E-state index contributed by atoms with van der Waals surface area (Å²) in [5, 5.41) is 1.28. The van der Waals surface area contributed by atoms with Crippen LogP contribution in [0.5, 0.6) is 0 Å². The molecule has 0 amide bonds. The zero-order valence-corrected chi connectivity index (χ0v) is 10.6. The van der Waals surface area contributed by atoms with E-state index < -0.39 is 10.4 Å². The van der Waals surface area contributed by atoms with E-state index in [0.29, 0.717) is 20.8 Å². The monoisotopic (exact) mass is 308 g/mol. The van der Waals surface area contributed by atoms with Gasteiger partial charge in [0.1, 0.15) is 0 Å². The van der Waals surface area contributed by atoms with Crippen molar-refractivity contribution in [1.82, 2.24) is 0 Å². The molecule has 0 spiro atoms. The molecule has 92 valence electrons. The molecule has 0 atom stereocenters. The van der Waals surface area contributed by atoms with Gasteiger partial charge in [-0.2, -0.15) is 8.42 Å². The number of nitrogens with two attached hydrogens (primary N) is 1. The molecule has 1 aromatic carbocycles. The average Bonchev–Trinajstić information content (AvgIpc) is 2.08. The highest BCUT2D eigenvalue weighted by atomic mass is 35.5. The summed E-state index contributed by atoms with van der Waals surface area (Å²) in [5.41, 5.74) is 2.94. The van der Waals surface area contributed by atoms with Crippen molar-refractivity contribution in [1.29, 1.82) is 0 Å². The maximum Gasteiger partial charge on any atom is 0.394 e. The lowest BCUT2D eigenvalue weighted by atomic mass is 10.3. The Morgan fingerprint density at radius 2 is 1.44 bits per heavy atom. The van der Waals surface area contributed by atoms with E-state index in [4.69, 9.17) is 58.2 Å². The van der Waals surface area contributed by atoms with Crippen LogP contribution < -0.4 is 11.3 Å². The molecule has 10 heteroatoms. The van der Waals surface area contributed by atoms with E-state index in [2.05, 4.69) is 5.43 Å². The van der Waals surface area contributed by atoms with E-state index in [1.807, 2.05) is 0 Å². The zero-order valence-electron chi connectivity index (χ0n) is 7.49. The SMILES string of the molecule is NNc1cc(Cl)c(Cl)cc1Cl.O=S(=O)(O)O. The smallest absolute Gasteiger partial charge is 0.323 e. The van der Waals surface area contributed by atoms with Crippen LogP contribution in [0.1, 0.15) is 0 Å². The molecular weight excluding hydrogens is 303 g/mol. The Hall–Kier alpha value is -0.280. The molecule has 6 nitrogen and oxygen atoms in total. The lowest BCUT2D eigenvalue weighted by molar-refractivity contribution is 0.381. The third kappa shape index (κ3) is 7.07. The summed E-state index contributed by atoms with van der Waals surface area (Å²) in [7, 11) is -4.67. The molecule has 5 N–H and O–H groups in total. The third-order valence-corrected chi connectivity index (χ3v) is 2.20. The van der Waals surface area contributed by atoms with E-state index in [0.717, 1.165) is 0 Å². The van der Waals surface area contributed by atoms with Crippen LogP contribution in [0.3, 0.4) is 0 Å². The lowest BCUT2D eigenvalue weighted by Crippen LogP contribution is -2.06. The van der Waals surface area contributed by atoms with E-state index in [1.165, 1.54) is 6.07 Å². The van der Waals surface area contributed by atoms with Crippen molar-refractivity contribution >= 4 is 50.9 Å². The molecule has 0 heterocycles. The van der Waals surface area contributed by atoms with Gasteiger partial charge in [-0.3, -0.25) is 14.9 Å². The van der Waals surface area contributed by atoms with Crippen molar-refractivity contribution in [3.8, 4) is 0 Å². The molecule has 0 saturated carbocycles. The number of rotatable bonds is 1. The van der Waals surface area contributed by atoms with Crippen LogP contribution in [-0.2, 0) is 10.4 Å². The summed E-state index contributed by atoms with van der Waals surface area (Å²) in [6, 6.07) is 3.09. The van der Waals surface area contributed by atoms with Crippen LogP contribution in [0, 0.1) is 0 Å². The molecule has 0 saturated heterocycles. The van der Waals surface area contributed by atoms with Gasteiger partial charge in [0.25, 0.3) is 0 Å². The summed E-state index contributed by atoms with van der Waals surface area (Å²) in [5.74, 6) is 5.13. The van der Waals surface area contributed by atoms with Gasteiger partial charge in [0.15, 0.2) is 0 Å². The Balaban J connectivity index is 0.000000385. The van der Waals surface area contributed by atoms with E-state index >= 15 is 0 Å². The van der Waals surface area contributed by atoms with Crippen molar-refractivity contribution in [3.63, 3.8) is 0 Å². The largest absolute Gasteiger partial charge is 0.394 e. The summed E-state index contributed by atoms with van der Waals surface area (Å²) < 4.78 is 31.6. The zero-order chi connectivity index (χ0) is 12.9. The topological polar surface area (TPSA) is 113 Å². The molecule has 0 aromatic heterocycles. The first-order chi connectivity index (χ1) is 7.15. The minimum Gasteiger partial charge on any atom is -0.323 e. The molecule has 0 radical (unpaired) electrons. The highest BCUT2D eigenvalue weighted by Gasteiger charge is 2.03. The van der Waals surface area contributed by atoms with Crippen LogP contribution in [0.25, 0.3) is 0 Å². The van der Waals surface area contributed by atoms with Crippen LogP contribution in [-0.4, -0.2) is 17.5 Å². The van der Waals surface area contributed by atoms with Crippen molar-refractivity contribution in [3.05, 3.63) is 27.2 Å². The van der Waals surface area contributed by atoms with Crippen LogP contribution >= 0.6 is 34.8 Å². The number of anilines is 1. The Kier molecular flexibility index (Phi) is 6.34. The molecular formula is C6H7Cl3N2O4S. The first kappa shape index (κ1) is 15.7. The average molecular weight is 310 g/mol. The first-order valence-electron chi connectivity index (χ1n) is 3.46. The lowest BCUT2D eigenvalue weighted by Gasteiger charge is -2.03. The Morgan fingerprint density at radius 1 is 1.06 bits per heavy atom. The number of nitrogen functional groups attached to an aromatic ring is 1. The second-order valence-corrected chi connectivity index (χ2v) is 4.46. The predicted molar refractivity (Wildman–Crippen MR) is 63.5 cm³/mol. The number of hydrazine groups is 1. The second-order valence-electron chi connectivity index (χ2n) is 2.34. The summed E-state index contributed by atoms with van der Waals surface area (Å²) in [6.07, 6.45) is 0. The highest BCUT2D eigenvalue weighted by molar-refractivity contribution is 7.79. The van der Waals surface area contributed by atoms with Gasteiger partial charge < -0.3 is 5.43 Å². The highest BCUT2D eigenvalue weighted by Crippen LogP contribution is 2.31. The predicted octanol–water partition coefficient (Wildman–Crippen LogP) is 2.28. The van der Waals surface area contributed by atoms with E-state index in [-0.39, 0.29) is 0 Å². The minimum absolute atomic E-state index is 0.413. The van der Waals surface area contributed by atoms with Gasteiger partial charge in [-0.1, -0.05) is 34.8 Å². The molecule has 0 aliphatic rings. The normalized spacial score (nSPS) is 10.4. The summed E-state index contributed by atoms with van der Waals surface area (Å²) in [6.45, 7) is 0. The number of benzene rings is 1. The quantitative estimate of drug-likeness (QED) is 0.274. The molecule has 0 bridgehead atoms. The fourth-order valence-corrected chi connectivity index (χ4v) is 1.23. The fraction of sp³-hybridized carbons (Fsp3) is 0. The van der Waals surface area contributed by atoms with E-state index in [9.17, 15) is 0 Å². The molecule has 16 heavy (non-hydrogen) atoms. The van der Waals surface area contributed by atoms with Gasteiger partial charge in [0.05, 0.1) is 20.8 Å². The van der Waals surface area contributed by atoms with Crippen molar-refractivity contribution < 1.29 is 17.5 Å². The van der Waals surface area contributed by atoms with Crippen LogP contribution in [0.4, 0.5) is 5.69 Å².